The highest BCUT2D eigenvalue weighted by molar-refractivity contribution is 6.06. The lowest BCUT2D eigenvalue weighted by Gasteiger charge is -2.14. The molecule has 0 saturated carbocycles. The van der Waals surface area contributed by atoms with Crippen molar-refractivity contribution >= 4 is 16.9 Å². The molecule has 1 N–H and O–H groups in total. The van der Waals surface area contributed by atoms with Crippen LogP contribution >= 0.6 is 0 Å². The summed E-state index contributed by atoms with van der Waals surface area (Å²) in [6, 6.07) is 11.2. The second-order valence-electron chi connectivity index (χ2n) is 7.96. The van der Waals surface area contributed by atoms with Crippen molar-refractivity contribution in [1.82, 2.24) is 34.8 Å². The first kappa shape index (κ1) is 20.6. The van der Waals surface area contributed by atoms with Gasteiger partial charge >= 0.3 is 0 Å². The molecule has 9 nitrogen and oxygen atoms in total. The summed E-state index contributed by atoms with van der Waals surface area (Å²) < 4.78 is 9.07. The molecule has 33 heavy (non-hydrogen) atoms. The van der Waals surface area contributed by atoms with Gasteiger partial charge in [-0.15, -0.1) is 0 Å². The topological polar surface area (TPSA) is 104 Å². The van der Waals surface area contributed by atoms with Gasteiger partial charge in [0.1, 0.15) is 12.3 Å². The SMILES string of the molecule is CC(CNC(=O)c1cc(-c2cccnc2)nc2c1cnn2Cc1ccco1)Cn1cccn1. The van der Waals surface area contributed by atoms with Crippen molar-refractivity contribution in [2.45, 2.75) is 20.0 Å². The molecule has 5 heterocycles. The van der Waals surface area contributed by atoms with Gasteiger partial charge in [-0.2, -0.15) is 10.2 Å². The zero-order valence-corrected chi connectivity index (χ0v) is 18.1. The molecule has 5 rings (SSSR count). The third-order valence-corrected chi connectivity index (χ3v) is 5.37. The van der Waals surface area contributed by atoms with Crippen molar-refractivity contribution in [2.75, 3.05) is 6.54 Å². The number of rotatable bonds is 8. The molecule has 0 saturated heterocycles. The van der Waals surface area contributed by atoms with Crippen LogP contribution in [-0.2, 0) is 13.1 Å². The molecular weight excluding hydrogens is 418 g/mol. The fraction of sp³-hybridized carbons (Fsp3) is 0.208. The number of aromatic nitrogens is 6. The van der Waals surface area contributed by atoms with Gasteiger partial charge < -0.3 is 9.73 Å². The Kier molecular flexibility index (Phi) is 5.67. The summed E-state index contributed by atoms with van der Waals surface area (Å²) >= 11 is 0. The first-order valence-corrected chi connectivity index (χ1v) is 10.7. The number of furan rings is 1. The fourth-order valence-electron chi connectivity index (χ4n) is 3.72. The molecular formula is C24H23N7O2. The smallest absolute Gasteiger partial charge is 0.252 e. The lowest BCUT2D eigenvalue weighted by molar-refractivity contribution is 0.0948. The van der Waals surface area contributed by atoms with Crippen LogP contribution in [0.25, 0.3) is 22.3 Å². The number of hydrogen-bond donors (Lipinski definition) is 1. The van der Waals surface area contributed by atoms with Gasteiger partial charge in [-0.25, -0.2) is 9.67 Å². The van der Waals surface area contributed by atoms with Crippen LogP contribution in [0.15, 0.2) is 78.1 Å². The van der Waals surface area contributed by atoms with E-state index in [1.165, 1.54) is 0 Å². The van der Waals surface area contributed by atoms with Crippen LogP contribution in [0.5, 0.6) is 0 Å². The lowest BCUT2D eigenvalue weighted by Crippen LogP contribution is -2.30. The third kappa shape index (κ3) is 4.52. The third-order valence-electron chi connectivity index (χ3n) is 5.37. The maximum absolute atomic E-state index is 13.2. The summed E-state index contributed by atoms with van der Waals surface area (Å²) in [4.78, 5) is 22.2. The highest BCUT2D eigenvalue weighted by Gasteiger charge is 2.19. The van der Waals surface area contributed by atoms with E-state index in [1.54, 1.807) is 41.8 Å². The molecule has 1 unspecified atom stereocenters. The maximum atomic E-state index is 13.2. The minimum atomic E-state index is -0.169. The Morgan fingerprint density at radius 2 is 2.09 bits per heavy atom. The zero-order valence-electron chi connectivity index (χ0n) is 18.1. The molecule has 0 aliphatic heterocycles. The predicted octanol–water partition coefficient (Wildman–Crippen LogP) is 3.40. The van der Waals surface area contributed by atoms with Crippen LogP contribution in [0.2, 0.25) is 0 Å². The van der Waals surface area contributed by atoms with Gasteiger partial charge in [0, 0.05) is 43.4 Å². The Bertz CT molecular complexity index is 1340. The Morgan fingerprint density at radius 3 is 2.85 bits per heavy atom. The van der Waals surface area contributed by atoms with Gasteiger partial charge in [-0.3, -0.25) is 14.5 Å². The number of nitrogens with zero attached hydrogens (tertiary/aromatic N) is 6. The molecule has 0 aromatic carbocycles. The molecule has 5 aromatic rings. The fourth-order valence-corrected chi connectivity index (χ4v) is 3.72. The van der Waals surface area contributed by atoms with Gasteiger partial charge in [0.05, 0.1) is 29.1 Å². The largest absolute Gasteiger partial charge is 0.467 e. The minimum absolute atomic E-state index is 0.169. The van der Waals surface area contributed by atoms with Crippen molar-refractivity contribution in [3.05, 3.63) is 85.0 Å². The predicted molar refractivity (Wildman–Crippen MR) is 122 cm³/mol. The van der Waals surface area contributed by atoms with Crippen LogP contribution in [0, 0.1) is 5.92 Å². The Balaban J connectivity index is 1.46. The van der Waals surface area contributed by atoms with Gasteiger partial charge in [0.25, 0.3) is 5.91 Å². The number of fused-ring (bicyclic) bond motifs is 1. The van der Waals surface area contributed by atoms with E-state index >= 15 is 0 Å². The Hall–Kier alpha value is -4.27. The number of carbonyl (C=O) groups is 1. The van der Waals surface area contributed by atoms with E-state index in [0.717, 1.165) is 17.9 Å². The van der Waals surface area contributed by atoms with Crippen LogP contribution in [0.3, 0.4) is 0 Å². The molecule has 0 bridgehead atoms. The van der Waals surface area contributed by atoms with Crippen LogP contribution in [0.4, 0.5) is 0 Å². The highest BCUT2D eigenvalue weighted by Crippen LogP contribution is 2.25. The van der Waals surface area contributed by atoms with E-state index in [1.807, 2.05) is 41.2 Å². The standard InChI is InChI=1S/C24H23N7O2/c1-17(15-30-9-4-8-27-30)12-26-24(32)20-11-22(18-5-2-7-25-13-18)29-23-21(20)14-28-31(23)16-19-6-3-10-33-19/h2-11,13-14,17H,12,15-16H2,1H3,(H,26,32). The van der Waals surface area contributed by atoms with Crippen LogP contribution in [-0.4, -0.2) is 42.0 Å². The molecule has 0 spiro atoms. The van der Waals surface area contributed by atoms with Gasteiger partial charge in [0.2, 0.25) is 0 Å². The summed E-state index contributed by atoms with van der Waals surface area (Å²) in [6.07, 6.45) is 10.4. The van der Waals surface area contributed by atoms with Crippen LogP contribution < -0.4 is 5.32 Å². The molecule has 0 aliphatic rings. The number of pyridine rings is 2. The summed E-state index contributed by atoms with van der Waals surface area (Å²) in [5.41, 5.74) is 2.62. The average Bonchev–Trinajstić information content (AvgIpc) is 3.61. The summed E-state index contributed by atoms with van der Waals surface area (Å²) in [5.74, 6) is 0.801. The molecule has 1 amide bonds. The quantitative estimate of drug-likeness (QED) is 0.396. The van der Waals surface area contributed by atoms with Gasteiger partial charge in [-0.1, -0.05) is 6.92 Å². The number of amides is 1. The molecule has 5 aromatic heterocycles. The van der Waals surface area contributed by atoms with Crippen LogP contribution in [0.1, 0.15) is 23.0 Å². The second-order valence-corrected chi connectivity index (χ2v) is 7.96. The average molecular weight is 441 g/mol. The second kappa shape index (κ2) is 9.07. The van der Waals surface area contributed by atoms with Crippen molar-refractivity contribution in [3.8, 4) is 11.3 Å². The van der Waals surface area contributed by atoms with E-state index in [-0.39, 0.29) is 11.8 Å². The zero-order chi connectivity index (χ0) is 22.6. The van der Waals surface area contributed by atoms with E-state index in [9.17, 15) is 4.79 Å². The number of nitrogens with one attached hydrogen (secondary N) is 1. The van der Waals surface area contributed by atoms with Gasteiger partial charge in [-0.05, 0) is 42.3 Å². The first-order chi connectivity index (χ1) is 16.2. The molecule has 0 aliphatic carbocycles. The van der Waals surface area contributed by atoms with E-state index in [2.05, 4.69) is 27.4 Å². The summed E-state index contributed by atoms with van der Waals surface area (Å²) in [5, 5.41) is 12.5. The summed E-state index contributed by atoms with van der Waals surface area (Å²) in [6.45, 7) is 3.74. The molecule has 0 fully saturated rings. The van der Waals surface area contributed by atoms with Gasteiger partial charge in [0.15, 0.2) is 5.65 Å². The minimum Gasteiger partial charge on any atom is -0.467 e. The first-order valence-electron chi connectivity index (χ1n) is 10.7. The van der Waals surface area contributed by atoms with E-state index in [0.29, 0.717) is 35.4 Å². The maximum Gasteiger partial charge on any atom is 0.252 e. The molecule has 9 heteroatoms. The highest BCUT2D eigenvalue weighted by atomic mass is 16.3. The molecule has 0 radical (unpaired) electrons. The molecule has 166 valence electrons. The van der Waals surface area contributed by atoms with Crippen molar-refractivity contribution in [3.63, 3.8) is 0 Å². The van der Waals surface area contributed by atoms with Crippen molar-refractivity contribution < 1.29 is 9.21 Å². The molecule has 1 atom stereocenters. The number of carbonyl (C=O) groups excluding carboxylic acids is 1. The Labute approximate surface area is 190 Å². The monoisotopic (exact) mass is 441 g/mol. The van der Waals surface area contributed by atoms with Crippen molar-refractivity contribution in [1.29, 1.82) is 0 Å². The number of hydrogen-bond acceptors (Lipinski definition) is 6. The normalized spacial score (nSPS) is 12.2. The van der Waals surface area contributed by atoms with E-state index < -0.39 is 0 Å². The van der Waals surface area contributed by atoms with E-state index in [4.69, 9.17) is 9.40 Å². The lowest BCUT2D eigenvalue weighted by atomic mass is 10.1. The Morgan fingerprint density at radius 1 is 1.15 bits per heavy atom. The van der Waals surface area contributed by atoms with Crippen molar-refractivity contribution in [2.24, 2.45) is 5.92 Å². The summed E-state index contributed by atoms with van der Waals surface area (Å²) in [7, 11) is 0.